The van der Waals surface area contributed by atoms with Gasteiger partial charge < -0.3 is 0 Å². The Morgan fingerprint density at radius 3 is 2.80 bits per heavy atom. The maximum atomic E-state index is 12.2. The SMILES string of the molecule is CC12C=CC3=C4CCC(=O)C=C4CCC3C1CCC2=O. The van der Waals surface area contributed by atoms with E-state index in [-0.39, 0.29) is 11.2 Å². The second-order valence-corrected chi connectivity index (χ2v) is 6.90. The Kier molecular flexibility index (Phi) is 2.48. The average molecular weight is 268 g/mol. The summed E-state index contributed by atoms with van der Waals surface area (Å²) in [6.45, 7) is 2.13. The number of rotatable bonds is 0. The highest BCUT2D eigenvalue weighted by Crippen LogP contribution is 2.55. The maximum Gasteiger partial charge on any atom is 0.156 e. The summed E-state index contributed by atoms with van der Waals surface area (Å²) < 4.78 is 0. The predicted molar refractivity (Wildman–Crippen MR) is 77.1 cm³/mol. The van der Waals surface area contributed by atoms with Gasteiger partial charge in [0.05, 0.1) is 0 Å². The number of carbonyl (C=O) groups excluding carboxylic acids is 2. The van der Waals surface area contributed by atoms with Gasteiger partial charge in [0.1, 0.15) is 5.78 Å². The highest BCUT2D eigenvalue weighted by molar-refractivity contribution is 5.93. The van der Waals surface area contributed by atoms with Crippen LogP contribution in [-0.2, 0) is 9.59 Å². The minimum Gasteiger partial charge on any atom is -0.299 e. The zero-order chi connectivity index (χ0) is 13.9. The molecule has 2 nitrogen and oxygen atoms in total. The van der Waals surface area contributed by atoms with Crippen LogP contribution in [0.5, 0.6) is 0 Å². The van der Waals surface area contributed by atoms with E-state index in [1.165, 1.54) is 16.7 Å². The summed E-state index contributed by atoms with van der Waals surface area (Å²) in [5, 5.41) is 0. The number of hydrogen-bond acceptors (Lipinski definition) is 2. The number of allylic oxidation sites excluding steroid dienone is 6. The molecule has 1 saturated carbocycles. The van der Waals surface area contributed by atoms with Gasteiger partial charge in [-0.25, -0.2) is 0 Å². The van der Waals surface area contributed by atoms with Crippen LogP contribution in [0.4, 0.5) is 0 Å². The Morgan fingerprint density at radius 2 is 1.95 bits per heavy atom. The molecule has 4 aliphatic carbocycles. The quantitative estimate of drug-likeness (QED) is 0.673. The largest absolute Gasteiger partial charge is 0.299 e. The Hall–Kier alpha value is -1.44. The van der Waals surface area contributed by atoms with E-state index in [1.54, 1.807) is 0 Å². The molecule has 0 amide bonds. The van der Waals surface area contributed by atoms with E-state index in [0.29, 0.717) is 24.0 Å². The first-order valence-corrected chi connectivity index (χ1v) is 7.79. The summed E-state index contributed by atoms with van der Waals surface area (Å²) in [4.78, 5) is 23.8. The van der Waals surface area contributed by atoms with Gasteiger partial charge in [-0.05, 0) is 67.2 Å². The zero-order valence-corrected chi connectivity index (χ0v) is 11.9. The Morgan fingerprint density at radius 1 is 1.10 bits per heavy atom. The molecule has 3 unspecified atom stereocenters. The van der Waals surface area contributed by atoms with Crippen molar-refractivity contribution in [1.29, 1.82) is 0 Å². The molecule has 2 heteroatoms. The molecule has 20 heavy (non-hydrogen) atoms. The first-order chi connectivity index (χ1) is 9.59. The minimum absolute atomic E-state index is 0.222. The van der Waals surface area contributed by atoms with Gasteiger partial charge in [0.2, 0.25) is 0 Å². The van der Waals surface area contributed by atoms with Crippen molar-refractivity contribution < 1.29 is 9.59 Å². The highest BCUT2D eigenvalue weighted by atomic mass is 16.1. The van der Waals surface area contributed by atoms with Crippen LogP contribution in [-0.4, -0.2) is 11.6 Å². The topological polar surface area (TPSA) is 34.1 Å². The van der Waals surface area contributed by atoms with Crippen LogP contribution in [0.1, 0.15) is 45.4 Å². The third kappa shape index (κ3) is 1.51. The molecular weight excluding hydrogens is 248 g/mol. The lowest BCUT2D eigenvalue weighted by Crippen LogP contribution is -2.37. The summed E-state index contributed by atoms with van der Waals surface area (Å²) >= 11 is 0. The molecule has 0 aromatic carbocycles. The van der Waals surface area contributed by atoms with Crippen LogP contribution in [0.3, 0.4) is 0 Å². The summed E-state index contributed by atoms with van der Waals surface area (Å²) in [7, 11) is 0. The first-order valence-electron chi connectivity index (χ1n) is 7.79. The number of fused-ring (bicyclic) bond motifs is 4. The van der Waals surface area contributed by atoms with Gasteiger partial charge in [0.25, 0.3) is 0 Å². The van der Waals surface area contributed by atoms with E-state index in [0.717, 1.165) is 32.1 Å². The fraction of sp³-hybridized carbons (Fsp3) is 0.556. The van der Waals surface area contributed by atoms with Crippen molar-refractivity contribution >= 4 is 11.6 Å². The smallest absolute Gasteiger partial charge is 0.156 e. The van der Waals surface area contributed by atoms with Gasteiger partial charge in [-0.2, -0.15) is 0 Å². The molecule has 4 rings (SSSR count). The molecular formula is C18H20O2. The van der Waals surface area contributed by atoms with Gasteiger partial charge in [0, 0.05) is 18.3 Å². The third-order valence-electron chi connectivity index (χ3n) is 5.97. The van der Waals surface area contributed by atoms with Crippen molar-refractivity contribution in [2.24, 2.45) is 17.3 Å². The van der Waals surface area contributed by atoms with E-state index < -0.39 is 0 Å². The van der Waals surface area contributed by atoms with Crippen molar-refractivity contribution in [1.82, 2.24) is 0 Å². The molecule has 0 aliphatic heterocycles. The fourth-order valence-corrected chi connectivity index (χ4v) is 4.81. The zero-order valence-electron chi connectivity index (χ0n) is 11.9. The molecule has 0 aromatic heterocycles. The Bertz CT molecular complexity index is 605. The minimum atomic E-state index is -0.222. The molecule has 0 heterocycles. The highest BCUT2D eigenvalue weighted by Gasteiger charge is 2.51. The molecule has 0 saturated heterocycles. The Balaban J connectivity index is 1.84. The van der Waals surface area contributed by atoms with Crippen LogP contribution in [0.15, 0.2) is 34.9 Å². The molecule has 104 valence electrons. The monoisotopic (exact) mass is 268 g/mol. The molecule has 0 bridgehead atoms. The van der Waals surface area contributed by atoms with Crippen molar-refractivity contribution in [3.05, 3.63) is 34.9 Å². The van der Waals surface area contributed by atoms with Crippen molar-refractivity contribution in [2.45, 2.75) is 45.4 Å². The molecule has 0 radical (unpaired) electrons. The summed E-state index contributed by atoms with van der Waals surface area (Å²) in [6.07, 6.45) is 11.7. The predicted octanol–water partition coefficient (Wildman–Crippen LogP) is 3.54. The van der Waals surface area contributed by atoms with Gasteiger partial charge in [-0.1, -0.05) is 12.2 Å². The normalized spacial score (nSPS) is 39.4. The molecule has 0 N–H and O–H groups in total. The fourth-order valence-electron chi connectivity index (χ4n) is 4.81. The third-order valence-corrected chi connectivity index (χ3v) is 5.97. The molecule has 0 aromatic rings. The van der Waals surface area contributed by atoms with Crippen molar-refractivity contribution in [2.75, 3.05) is 0 Å². The van der Waals surface area contributed by atoms with Crippen molar-refractivity contribution in [3.63, 3.8) is 0 Å². The maximum absolute atomic E-state index is 12.2. The number of carbonyl (C=O) groups is 2. The lowest BCUT2D eigenvalue weighted by atomic mass is 9.61. The van der Waals surface area contributed by atoms with E-state index in [4.69, 9.17) is 0 Å². The lowest BCUT2D eigenvalue weighted by molar-refractivity contribution is -0.124. The van der Waals surface area contributed by atoms with Gasteiger partial charge in [0.15, 0.2) is 5.78 Å². The van der Waals surface area contributed by atoms with Crippen LogP contribution in [0.25, 0.3) is 0 Å². The summed E-state index contributed by atoms with van der Waals surface area (Å²) in [6, 6.07) is 0. The number of Topliss-reactive ketones (excluding diaryl/α,β-unsaturated/α-hetero) is 1. The van der Waals surface area contributed by atoms with E-state index in [1.807, 2.05) is 6.08 Å². The second kappa shape index (κ2) is 4.03. The number of hydrogen-bond donors (Lipinski definition) is 0. The van der Waals surface area contributed by atoms with Gasteiger partial charge in [-0.3, -0.25) is 9.59 Å². The Labute approximate surface area is 119 Å². The van der Waals surface area contributed by atoms with E-state index in [2.05, 4.69) is 19.1 Å². The van der Waals surface area contributed by atoms with Crippen molar-refractivity contribution in [3.8, 4) is 0 Å². The molecule has 3 atom stereocenters. The summed E-state index contributed by atoms with van der Waals surface area (Å²) in [5.74, 6) is 1.73. The molecule has 1 fully saturated rings. The van der Waals surface area contributed by atoms with Gasteiger partial charge in [-0.15, -0.1) is 0 Å². The summed E-state index contributed by atoms with van der Waals surface area (Å²) in [5.41, 5.74) is 3.90. The van der Waals surface area contributed by atoms with E-state index >= 15 is 0 Å². The lowest BCUT2D eigenvalue weighted by Gasteiger charge is -2.42. The molecule has 4 aliphatic rings. The van der Waals surface area contributed by atoms with Crippen LogP contribution in [0.2, 0.25) is 0 Å². The second-order valence-electron chi connectivity index (χ2n) is 6.90. The van der Waals surface area contributed by atoms with Gasteiger partial charge >= 0.3 is 0 Å². The van der Waals surface area contributed by atoms with E-state index in [9.17, 15) is 9.59 Å². The van der Waals surface area contributed by atoms with Crippen LogP contribution in [0, 0.1) is 17.3 Å². The standard InChI is InChI=1S/C18H20O2/c1-18-9-8-14-13-5-3-12(19)10-11(13)2-4-15(14)16(18)6-7-17(18)20/h8-10,15-16H,2-7H2,1H3. The number of ketones is 2. The van der Waals surface area contributed by atoms with Crippen LogP contribution >= 0.6 is 0 Å². The molecule has 0 spiro atoms. The van der Waals surface area contributed by atoms with Crippen LogP contribution < -0.4 is 0 Å². The average Bonchev–Trinajstić information content (AvgIpc) is 2.74. The first kappa shape index (κ1) is 12.3.